The van der Waals surface area contributed by atoms with Crippen molar-refractivity contribution < 1.29 is 14.6 Å². The van der Waals surface area contributed by atoms with E-state index in [-0.39, 0.29) is 0 Å². The van der Waals surface area contributed by atoms with Crippen LogP contribution < -0.4 is 10.5 Å². The average molecular weight is 258 g/mol. The smallest absolute Gasteiger partial charge is 0.248 e. The van der Waals surface area contributed by atoms with Crippen molar-refractivity contribution in [1.82, 2.24) is 4.98 Å². The molecule has 1 heterocycles. The predicted octanol–water partition coefficient (Wildman–Crippen LogP) is 2.03. The number of carbonyl (C=O) groups is 1. The number of hydrogen-bond donors (Lipinski definition) is 2. The Morgan fingerprint density at radius 1 is 1.21 bits per heavy atom. The molecule has 1 amide bonds. The fourth-order valence-corrected chi connectivity index (χ4v) is 1.52. The largest absolute Gasteiger partial charge is 0.456 e. The number of benzene rings is 1. The van der Waals surface area contributed by atoms with Gasteiger partial charge in [-0.3, -0.25) is 9.78 Å². The number of rotatable bonds is 4. The number of aliphatic hydroxyl groups is 1. The van der Waals surface area contributed by atoms with E-state index in [9.17, 15) is 9.90 Å². The number of ether oxygens (including phenoxy) is 1. The molecule has 19 heavy (non-hydrogen) atoms. The number of aliphatic hydroxyl groups excluding tert-OH is 1. The Bertz CT molecular complexity index is 562. The van der Waals surface area contributed by atoms with Gasteiger partial charge in [0, 0.05) is 5.56 Å². The summed E-state index contributed by atoms with van der Waals surface area (Å²) in [4.78, 5) is 15.0. The molecule has 0 bridgehead atoms. The van der Waals surface area contributed by atoms with Crippen LogP contribution in [0.2, 0.25) is 0 Å². The van der Waals surface area contributed by atoms with Gasteiger partial charge in [-0.15, -0.1) is 0 Å². The summed E-state index contributed by atoms with van der Waals surface area (Å²) in [6, 6.07) is 9.91. The predicted molar refractivity (Wildman–Crippen MR) is 69.9 cm³/mol. The summed E-state index contributed by atoms with van der Waals surface area (Å²) < 4.78 is 5.55. The summed E-state index contributed by atoms with van der Waals surface area (Å²) in [5.74, 6) is 0.655. The summed E-state index contributed by atoms with van der Waals surface area (Å²) in [6.45, 7) is 1.64. The average Bonchev–Trinajstić information content (AvgIpc) is 2.40. The van der Waals surface area contributed by atoms with Crippen molar-refractivity contribution in [1.29, 1.82) is 0 Å². The van der Waals surface area contributed by atoms with E-state index in [2.05, 4.69) is 4.98 Å². The Morgan fingerprint density at radius 2 is 1.84 bits per heavy atom. The second kappa shape index (κ2) is 5.49. The summed E-state index contributed by atoms with van der Waals surface area (Å²) in [5.41, 5.74) is 6.15. The highest BCUT2D eigenvalue weighted by Gasteiger charge is 2.04. The molecule has 5 heteroatoms. The van der Waals surface area contributed by atoms with Crippen LogP contribution in [-0.4, -0.2) is 16.0 Å². The highest BCUT2D eigenvalue weighted by molar-refractivity contribution is 5.92. The maximum Gasteiger partial charge on any atom is 0.248 e. The molecule has 0 radical (unpaired) electrons. The van der Waals surface area contributed by atoms with Crippen LogP contribution in [0.25, 0.3) is 0 Å². The molecule has 98 valence electrons. The standard InChI is InChI=1S/C14H14N2O3/c1-9(17)13-7-6-12(8-16-13)19-11-4-2-10(3-5-11)14(15)18/h2-9,17H,1H3,(H2,15,18)/t9-/m0/s1. The Labute approximate surface area is 110 Å². The topological polar surface area (TPSA) is 85.4 Å². The lowest BCUT2D eigenvalue weighted by molar-refractivity contribution is 0.100. The van der Waals surface area contributed by atoms with Crippen LogP contribution in [0.3, 0.4) is 0 Å². The van der Waals surface area contributed by atoms with E-state index in [0.29, 0.717) is 22.8 Å². The number of hydrogen-bond acceptors (Lipinski definition) is 4. The zero-order valence-corrected chi connectivity index (χ0v) is 10.4. The van der Waals surface area contributed by atoms with Gasteiger partial charge in [-0.05, 0) is 43.3 Å². The lowest BCUT2D eigenvalue weighted by atomic mass is 10.2. The number of aromatic nitrogens is 1. The molecule has 0 aliphatic carbocycles. The molecule has 2 rings (SSSR count). The third kappa shape index (κ3) is 3.29. The first-order chi connectivity index (χ1) is 9.06. The number of primary amides is 1. The fourth-order valence-electron chi connectivity index (χ4n) is 1.52. The molecule has 0 spiro atoms. The van der Waals surface area contributed by atoms with Gasteiger partial charge in [-0.2, -0.15) is 0 Å². The number of carbonyl (C=O) groups excluding carboxylic acids is 1. The van der Waals surface area contributed by atoms with Crippen molar-refractivity contribution in [3.63, 3.8) is 0 Å². The summed E-state index contributed by atoms with van der Waals surface area (Å²) >= 11 is 0. The SMILES string of the molecule is C[C@H](O)c1ccc(Oc2ccc(C(N)=O)cc2)cn1. The number of pyridine rings is 1. The fraction of sp³-hybridized carbons (Fsp3) is 0.143. The Kier molecular flexibility index (Phi) is 3.77. The normalized spacial score (nSPS) is 11.9. The van der Waals surface area contributed by atoms with E-state index in [1.165, 1.54) is 6.20 Å². The lowest BCUT2D eigenvalue weighted by Crippen LogP contribution is -2.10. The molecule has 1 atom stereocenters. The van der Waals surface area contributed by atoms with E-state index in [1.54, 1.807) is 43.3 Å². The van der Waals surface area contributed by atoms with Gasteiger partial charge in [0.2, 0.25) is 5.91 Å². The molecule has 0 saturated carbocycles. The minimum atomic E-state index is -0.607. The summed E-state index contributed by atoms with van der Waals surface area (Å²) in [7, 11) is 0. The molecule has 0 saturated heterocycles. The van der Waals surface area contributed by atoms with Crippen LogP contribution in [0, 0.1) is 0 Å². The summed E-state index contributed by atoms with van der Waals surface area (Å²) in [5, 5.41) is 9.34. The molecule has 3 N–H and O–H groups in total. The van der Waals surface area contributed by atoms with Gasteiger partial charge in [0.25, 0.3) is 0 Å². The number of nitrogens with two attached hydrogens (primary N) is 1. The van der Waals surface area contributed by atoms with E-state index < -0.39 is 12.0 Å². The van der Waals surface area contributed by atoms with Crippen molar-refractivity contribution in [2.24, 2.45) is 5.73 Å². The second-order valence-corrected chi connectivity index (χ2v) is 4.09. The minimum absolute atomic E-state index is 0.426. The van der Waals surface area contributed by atoms with Crippen molar-refractivity contribution in [3.05, 3.63) is 53.9 Å². The molecule has 0 unspecified atom stereocenters. The molecular formula is C14H14N2O3. The van der Waals surface area contributed by atoms with Crippen LogP contribution in [0.5, 0.6) is 11.5 Å². The number of amides is 1. The van der Waals surface area contributed by atoms with Gasteiger partial charge in [-0.1, -0.05) is 0 Å². The van der Waals surface area contributed by atoms with Crippen molar-refractivity contribution in [3.8, 4) is 11.5 Å². The highest BCUT2D eigenvalue weighted by Crippen LogP contribution is 2.22. The quantitative estimate of drug-likeness (QED) is 0.878. The summed E-state index contributed by atoms with van der Waals surface area (Å²) in [6.07, 6.45) is 0.924. The van der Waals surface area contributed by atoms with Crippen LogP contribution in [-0.2, 0) is 0 Å². The Hall–Kier alpha value is -2.40. The van der Waals surface area contributed by atoms with Crippen molar-refractivity contribution >= 4 is 5.91 Å². The van der Waals surface area contributed by atoms with E-state index in [4.69, 9.17) is 10.5 Å². The zero-order chi connectivity index (χ0) is 13.8. The van der Waals surface area contributed by atoms with E-state index in [1.807, 2.05) is 0 Å². The van der Waals surface area contributed by atoms with Crippen LogP contribution >= 0.6 is 0 Å². The number of nitrogens with zero attached hydrogens (tertiary/aromatic N) is 1. The molecule has 1 aromatic heterocycles. The maximum atomic E-state index is 10.9. The van der Waals surface area contributed by atoms with E-state index >= 15 is 0 Å². The molecule has 0 aliphatic rings. The molecule has 1 aromatic carbocycles. The monoisotopic (exact) mass is 258 g/mol. The first kappa shape index (κ1) is 13.0. The van der Waals surface area contributed by atoms with Crippen LogP contribution in [0.1, 0.15) is 29.1 Å². The molecular weight excluding hydrogens is 244 g/mol. The van der Waals surface area contributed by atoms with E-state index in [0.717, 1.165) is 0 Å². The third-order valence-electron chi connectivity index (χ3n) is 2.56. The van der Waals surface area contributed by atoms with Crippen molar-refractivity contribution in [2.45, 2.75) is 13.0 Å². The third-order valence-corrected chi connectivity index (χ3v) is 2.56. The molecule has 5 nitrogen and oxygen atoms in total. The zero-order valence-electron chi connectivity index (χ0n) is 10.4. The first-order valence-electron chi connectivity index (χ1n) is 5.78. The van der Waals surface area contributed by atoms with Gasteiger partial charge in [0.1, 0.15) is 11.5 Å². The van der Waals surface area contributed by atoms with Gasteiger partial charge in [0.15, 0.2) is 0 Å². The lowest BCUT2D eigenvalue weighted by Gasteiger charge is -2.07. The Balaban J connectivity index is 2.10. The minimum Gasteiger partial charge on any atom is -0.456 e. The Morgan fingerprint density at radius 3 is 2.32 bits per heavy atom. The first-order valence-corrected chi connectivity index (χ1v) is 5.78. The van der Waals surface area contributed by atoms with Gasteiger partial charge in [-0.25, -0.2) is 0 Å². The van der Waals surface area contributed by atoms with Crippen LogP contribution in [0.4, 0.5) is 0 Å². The van der Waals surface area contributed by atoms with Gasteiger partial charge in [0.05, 0.1) is 18.0 Å². The second-order valence-electron chi connectivity index (χ2n) is 4.09. The van der Waals surface area contributed by atoms with Crippen molar-refractivity contribution in [2.75, 3.05) is 0 Å². The maximum absolute atomic E-state index is 10.9. The molecule has 2 aromatic rings. The molecule has 0 aliphatic heterocycles. The van der Waals surface area contributed by atoms with Gasteiger partial charge >= 0.3 is 0 Å². The van der Waals surface area contributed by atoms with Gasteiger partial charge < -0.3 is 15.6 Å². The highest BCUT2D eigenvalue weighted by atomic mass is 16.5. The van der Waals surface area contributed by atoms with Crippen LogP contribution in [0.15, 0.2) is 42.6 Å². The molecule has 0 fully saturated rings.